The molecule has 1 heterocycles. The Morgan fingerprint density at radius 2 is 1.55 bits per heavy atom. The van der Waals surface area contributed by atoms with Crippen LogP contribution in [0.15, 0.2) is 72.9 Å². The number of pyridine rings is 1. The van der Waals surface area contributed by atoms with Crippen molar-refractivity contribution in [3.63, 3.8) is 0 Å². The van der Waals surface area contributed by atoms with E-state index in [0.29, 0.717) is 23.4 Å². The van der Waals surface area contributed by atoms with Crippen molar-refractivity contribution in [1.82, 2.24) is 10.3 Å². The van der Waals surface area contributed by atoms with E-state index in [1.54, 1.807) is 42.6 Å². The Morgan fingerprint density at radius 1 is 0.897 bits per heavy atom. The van der Waals surface area contributed by atoms with E-state index < -0.39 is 0 Å². The van der Waals surface area contributed by atoms with Gasteiger partial charge in [-0.05, 0) is 74.5 Å². The quantitative estimate of drug-likeness (QED) is 0.639. The molecular formula is C23H23N3O3. The van der Waals surface area contributed by atoms with Crippen molar-refractivity contribution in [2.24, 2.45) is 0 Å². The van der Waals surface area contributed by atoms with Crippen LogP contribution >= 0.6 is 0 Å². The number of carbonyl (C=O) groups is 2. The molecule has 6 nitrogen and oxygen atoms in total. The zero-order valence-corrected chi connectivity index (χ0v) is 16.4. The molecule has 2 N–H and O–H groups in total. The molecule has 0 aliphatic rings. The van der Waals surface area contributed by atoms with Crippen LogP contribution in [0, 0.1) is 0 Å². The van der Waals surface area contributed by atoms with Crippen LogP contribution in [0.2, 0.25) is 0 Å². The molecule has 0 radical (unpaired) electrons. The van der Waals surface area contributed by atoms with E-state index in [4.69, 9.17) is 4.74 Å². The highest BCUT2D eigenvalue weighted by Gasteiger charge is 2.10. The highest BCUT2D eigenvalue weighted by atomic mass is 16.5. The predicted molar refractivity (Wildman–Crippen MR) is 112 cm³/mol. The minimum atomic E-state index is -0.247. The summed E-state index contributed by atoms with van der Waals surface area (Å²) in [5, 5.41) is 5.64. The Balaban J connectivity index is 1.56. The lowest BCUT2D eigenvalue weighted by atomic mass is 10.1. The van der Waals surface area contributed by atoms with Crippen molar-refractivity contribution in [3.8, 4) is 5.75 Å². The first-order valence-electron chi connectivity index (χ1n) is 9.37. The maximum absolute atomic E-state index is 12.4. The Kier molecular flexibility index (Phi) is 6.58. The summed E-state index contributed by atoms with van der Waals surface area (Å²) in [5.74, 6) is 0.283. The van der Waals surface area contributed by atoms with E-state index in [0.717, 1.165) is 11.4 Å². The van der Waals surface area contributed by atoms with Crippen molar-refractivity contribution < 1.29 is 14.3 Å². The Labute approximate surface area is 169 Å². The van der Waals surface area contributed by atoms with Gasteiger partial charge in [0.25, 0.3) is 11.8 Å². The maximum Gasteiger partial charge on any atom is 0.255 e. The van der Waals surface area contributed by atoms with E-state index in [-0.39, 0.29) is 17.9 Å². The number of benzene rings is 2. The molecule has 0 aliphatic heterocycles. The average Bonchev–Trinajstić information content (AvgIpc) is 2.74. The molecule has 0 saturated carbocycles. The van der Waals surface area contributed by atoms with Crippen LogP contribution in [-0.2, 0) is 6.54 Å². The summed E-state index contributed by atoms with van der Waals surface area (Å²) in [5.41, 5.74) is 2.39. The molecule has 0 bridgehead atoms. The third-order valence-electron chi connectivity index (χ3n) is 4.05. The third kappa shape index (κ3) is 5.90. The van der Waals surface area contributed by atoms with Gasteiger partial charge in [-0.3, -0.25) is 14.6 Å². The second kappa shape index (κ2) is 9.50. The van der Waals surface area contributed by atoms with Gasteiger partial charge in [0.15, 0.2) is 0 Å². The predicted octanol–water partition coefficient (Wildman–Crippen LogP) is 4.05. The summed E-state index contributed by atoms with van der Waals surface area (Å²) in [6.45, 7) is 4.26. The zero-order valence-electron chi connectivity index (χ0n) is 16.4. The first-order valence-corrected chi connectivity index (χ1v) is 9.37. The van der Waals surface area contributed by atoms with E-state index in [2.05, 4.69) is 15.6 Å². The monoisotopic (exact) mass is 389 g/mol. The number of rotatable bonds is 7. The van der Waals surface area contributed by atoms with Crippen LogP contribution in [0.25, 0.3) is 0 Å². The molecule has 1 aromatic heterocycles. The lowest BCUT2D eigenvalue weighted by molar-refractivity contribution is 0.0948. The van der Waals surface area contributed by atoms with Gasteiger partial charge >= 0.3 is 0 Å². The molecule has 2 aromatic carbocycles. The van der Waals surface area contributed by atoms with E-state index in [1.165, 1.54) is 0 Å². The Bertz CT molecular complexity index is 953. The fraction of sp³-hybridized carbons (Fsp3) is 0.174. The van der Waals surface area contributed by atoms with Crippen LogP contribution in [0.4, 0.5) is 5.69 Å². The summed E-state index contributed by atoms with van der Waals surface area (Å²) in [6, 6.07) is 19.2. The lowest BCUT2D eigenvalue weighted by Gasteiger charge is -2.11. The first kappa shape index (κ1) is 20.1. The number of hydrogen-bond donors (Lipinski definition) is 2. The Morgan fingerprint density at radius 3 is 2.14 bits per heavy atom. The molecule has 0 spiro atoms. The number of aromatic nitrogens is 1. The minimum absolute atomic E-state index is 0.0927. The van der Waals surface area contributed by atoms with Crippen molar-refractivity contribution in [2.45, 2.75) is 26.5 Å². The fourth-order valence-electron chi connectivity index (χ4n) is 2.64. The number of carbonyl (C=O) groups excluding carboxylic acids is 2. The number of hydrogen-bond acceptors (Lipinski definition) is 4. The molecule has 6 heteroatoms. The zero-order chi connectivity index (χ0) is 20.6. The summed E-state index contributed by atoms with van der Waals surface area (Å²) >= 11 is 0. The van der Waals surface area contributed by atoms with Gasteiger partial charge in [-0.25, -0.2) is 0 Å². The van der Waals surface area contributed by atoms with Crippen molar-refractivity contribution in [1.29, 1.82) is 0 Å². The second-order valence-corrected chi connectivity index (χ2v) is 6.73. The van der Waals surface area contributed by atoms with Crippen LogP contribution in [-0.4, -0.2) is 22.9 Å². The van der Waals surface area contributed by atoms with Gasteiger partial charge in [-0.15, -0.1) is 0 Å². The molecule has 0 fully saturated rings. The summed E-state index contributed by atoms with van der Waals surface area (Å²) in [7, 11) is 0. The lowest BCUT2D eigenvalue weighted by Crippen LogP contribution is -2.23. The topological polar surface area (TPSA) is 80.3 Å². The van der Waals surface area contributed by atoms with Gasteiger partial charge in [0.2, 0.25) is 0 Å². The van der Waals surface area contributed by atoms with Crippen molar-refractivity contribution in [2.75, 3.05) is 5.32 Å². The molecular weight excluding hydrogens is 366 g/mol. The molecule has 0 saturated heterocycles. The summed E-state index contributed by atoms with van der Waals surface area (Å²) in [4.78, 5) is 28.8. The van der Waals surface area contributed by atoms with Crippen LogP contribution in [0.5, 0.6) is 5.75 Å². The minimum Gasteiger partial charge on any atom is -0.491 e. The fourth-order valence-corrected chi connectivity index (χ4v) is 2.64. The van der Waals surface area contributed by atoms with Crippen molar-refractivity contribution >= 4 is 17.5 Å². The Hall–Kier alpha value is -3.67. The van der Waals surface area contributed by atoms with Gasteiger partial charge in [0.05, 0.1) is 18.3 Å². The molecule has 0 unspecified atom stereocenters. The van der Waals surface area contributed by atoms with Crippen LogP contribution in [0.3, 0.4) is 0 Å². The number of anilines is 1. The number of nitrogens with zero attached hydrogens (tertiary/aromatic N) is 1. The van der Waals surface area contributed by atoms with E-state index in [1.807, 2.05) is 44.2 Å². The maximum atomic E-state index is 12.4. The van der Waals surface area contributed by atoms with E-state index >= 15 is 0 Å². The first-order chi connectivity index (χ1) is 14.0. The average molecular weight is 389 g/mol. The number of amides is 2. The summed E-state index contributed by atoms with van der Waals surface area (Å²) in [6.07, 6.45) is 1.77. The van der Waals surface area contributed by atoms with Gasteiger partial charge in [0.1, 0.15) is 5.75 Å². The van der Waals surface area contributed by atoms with E-state index in [9.17, 15) is 9.59 Å². The molecule has 0 atom stereocenters. The largest absolute Gasteiger partial charge is 0.491 e. The molecule has 3 aromatic rings. The summed E-state index contributed by atoms with van der Waals surface area (Å²) < 4.78 is 5.59. The molecule has 29 heavy (non-hydrogen) atoms. The molecule has 3 rings (SSSR count). The van der Waals surface area contributed by atoms with Crippen LogP contribution in [0.1, 0.15) is 40.3 Å². The normalized spacial score (nSPS) is 10.4. The van der Waals surface area contributed by atoms with Gasteiger partial charge in [-0.2, -0.15) is 0 Å². The number of ether oxygens (including phenoxy) is 1. The third-order valence-corrected chi connectivity index (χ3v) is 4.05. The van der Waals surface area contributed by atoms with Crippen molar-refractivity contribution in [3.05, 3.63) is 89.7 Å². The highest BCUT2D eigenvalue weighted by Crippen LogP contribution is 2.18. The van der Waals surface area contributed by atoms with Gasteiger partial charge < -0.3 is 15.4 Å². The number of nitrogens with one attached hydrogen (secondary N) is 2. The molecule has 2 amide bonds. The molecule has 148 valence electrons. The SMILES string of the molecule is CC(C)Oc1ccc(NC(=O)c2ccc(C(=O)NCc3ccccn3)cc2)cc1. The highest BCUT2D eigenvalue weighted by molar-refractivity contribution is 6.05. The van der Waals surface area contributed by atoms with Gasteiger partial charge in [-0.1, -0.05) is 6.07 Å². The second-order valence-electron chi connectivity index (χ2n) is 6.73. The standard InChI is InChI=1S/C23H23N3O3/c1-16(2)29-21-12-10-19(11-13-21)26-23(28)18-8-6-17(7-9-18)22(27)25-15-20-5-3-4-14-24-20/h3-14,16H,15H2,1-2H3,(H,25,27)(H,26,28). The smallest absolute Gasteiger partial charge is 0.255 e. The van der Waals surface area contributed by atoms with Crippen LogP contribution < -0.4 is 15.4 Å². The van der Waals surface area contributed by atoms with Gasteiger partial charge in [0, 0.05) is 23.0 Å². The molecule has 0 aliphatic carbocycles.